The van der Waals surface area contributed by atoms with Gasteiger partial charge in [0.2, 0.25) is 0 Å². The SMILES string of the molecule is CN(C)c1ccc(C(=O)N2CCCCC2)c(NS(=O)(=O)c2cccc3nsnc23)c1. The van der Waals surface area contributed by atoms with Crippen LogP contribution in [0.3, 0.4) is 0 Å². The van der Waals surface area contributed by atoms with E-state index < -0.39 is 10.0 Å². The van der Waals surface area contributed by atoms with Crippen molar-refractivity contribution in [3.63, 3.8) is 0 Å². The average Bonchev–Trinajstić information content (AvgIpc) is 3.22. The van der Waals surface area contributed by atoms with Crippen LogP contribution in [0.4, 0.5) is 11.4 Å². The molecule has 30 heavy (non-hydrogen) atoms. The lowest BCUT2D eigenvalue weighted by Crippen LogP contribution is -2.36. The minimum Gasteiger partial charge on any atom is -0.378 e. The fourth-order valence-electron chi connectivity index (χ4n) is 3.55. The number of sulfonamides is 1. The molecule has 1 aliphatic rings. The van der Waals surface area contributed by atoms with Crippen LogP contribution in [0.1, 0.15) is 29.6 Å². The number of piperidine rings is 1. The highest BCUT2D eigenvalue weighted by Gasteiger charge is 2.25. The van der Waals surface area contributed by atoms with Gasteiger partial charge in [0.1, 0.15) is 15.9 Å². The zero-order chi connectivity index (χ0) is 21.3. The van der Waals surface area contributed by atoms with Gasteiger partial charge < -0.3 is 9.80 Å². The monoisotopic (exact) mass is 445 g/mol. The molecule has 0 spiro atoms. The minimum atomic E-state index is -3.97. The molecule has 0 unspecified atom stereocenters. The third-order valence-electron chi connectivity index (χ3n) is 5.18. The van der Waals surface area contributed by atoms with Gasteiger partial charge >= 0.3 is 0 Å². The quantitative estimate of drug-likeness (QED) is 0.648. The molecule has 2 heterocycles. The Bertz CT molecular complexity index is 1180. The zero-order valence-electron chi connectivity index (χ0n) is 16.8. The number of fused-ring (bicyclic) bond motifs is 1. The van der Waals surface area contributed by atoms with Gasteiger partial charge in [0.15, 0.2) is 0 Å². The fourth-order valence-corrected chi connectivity index (χ4v) is 5.38. The first-order chi connectivity index (χ1) is 14.4. The number of carbonyl (C=O) groups is 1. The normalized spacial score (nSPS) is 14.7. The maximum atomic E-state index is 13.2. The Labute approximate surface area is 179 Å². The largest absolute Gasteiger partial charge is 0.378 e. The summed E-state index contributed by atoms with van der Waals surface area (Å²) in [5.41, 5.74) is 2.24. The third-order valence-corrected chi connectivity index (χ3v) is 7.12. The second-order valence-electron chi connectivity index (χ2n) is 7.47. The highest BCUT2D eigenvalue weighted by atomic mass is 32.2. The van der Waals surface area contributed by atoms with Crippen molar-refractivity contribution in [1.82, 2.24) is 13.6 Å². The number of hydrogen-bond acceptors (Lipinski definition) is 7. The summed E-state index contributed by atoms with van der Waals surface area (Å²) in [6.45, 7) is 1.37. The number of amides is 1. The van der Waals surface area contributed by atoms with Crippen molar-refractivity contribution in [2.24, 2.45) is 0 Å². The molecular formula is C20H23N5O3S2. The van der Waals surface area contributed by atoms with Crippen molar-refractivity contribution >= 4 is 50.1 Å². The minimum absolute atomic E-state index is 0.0420. The van der Waals surface area contributed by atoms with Crippen LogP contribution in [0.25, 0.3) is 11.0 Å². The Morgan fingerprint density at radius 2 is 1.87 bits per heavy atom. The Morgan fingerprint density at radius 1 is 1.10 bits per heavy atom. The van der Waals surface area contributed by atoms with E-state index in [1.165, 1.54) is 6.07 Å². The Kier molecular flexibility index (Phi) is 5.61. The first-order valence-corrected chi connectivity index (χ1v) is 11.9. The summed E-state index contributed by atoms with van der Waals surface area (Å²) in [4.78, 5) is 16.8. The summed E-state index contributed by atoms with van der Waals surface area (Å²) in [6, 6.07) is 10.0. The third kappa shape index (κ3) is 3.97. The van der Waals surface area contributed by atoms with E-state index in [0.29, 0.717) is 29.7 Å². The Balaban J connectivity index is 1.75. The molecule has 158 valence electrons. The summed E-state index contributed by atoms with van der Waals surface area (Å²) in [5, 5.41) is 0. The lowest BCUT2D eigenvalue weighted by Gasteiger charge is -2.28. The molecule has 1 saturated heterocycles. The van der Waals surface area contributed by atoms with E-state index in [1.807, 2.05) is 25.1 Å². The van der Waals surface area contributed by atoms with Gasteiger partial charge in [-0.05, 0) is 49.6 Å². The average molecular weight is 446 g/mol. The molecule has 10 heteroatoms. The summed E-state index contributed by atoms with van der Waals surface area (Å²) in [6.07, 6.45) is 3.03. The van der Waals surface area contributed by atoms with E-state index in [4.69, 9.17) is 0 Å². The molecule has 1 amide bonds. The number of benzene rings is 2. The van der Waals surface area contributed by atoms with Gasteiger partial charge in [-0.15, -0.1) is 0 Å². The van der Waals surface area contributed by atoms with Crippen LogP contribution in [0.15, 0.2) is 41.3 Å². The van der Waals surface area contributed by atoms with Crippen LogP contribution in [-0.2, 0) is 10.0 Å². The van der Waals surface area contributed by atoms with Gasteiger partial charge in [0, 0.05) is 32.9 Å². The second kappa shape index (κ2) is 8.19. The molecule has 0 bridgehead atoms. The predicted molar refractivity (Wildman–Crippen MR) is 119 cm³/mol. The van der Waals surface area contributed by atoms with Crippen molar-refractivity contribution in [3.8, 4) is 0 Å². The van der Waals surface area contributed by atoms with E-state index >= 15 is 0 Å². The molecule has 1 aliphatic heterocycles. The molecule has 4 rings (SSSR count). The number of hydrogen-bond donors (Lipinski definition) is 1. The Hall–Kier alpha value is -2.72. The second-order valence-corrected chi connectivity index (χ2v) is 9.65. The predicted octanol–water partition coefficient (Wildman–Crippen LogP) is 3.18. The van der Waals surface area contributed by atoms with E-state index in [9.17, 15) is 13.2 Å². The number of nitrogens with zero attached hydrogens (tertiary/aromatic N) is 4. The maximum Gasteiger partial charge on any atom is 0.264 e. The van der Waals surface area contributed by atoms with Crippen molar-refractivity contribution < 1.29 is 13.2 Å². The molecule has 2 aromatic carbocycles. The lowest BCUT2D eigenvalue weighted by molar-refractivity contribution is 0.0725. The highest BCUT2D eigenvalue weighted by Crippen LogP contribution is 2.29. The van der Waals surface area contributed by atoms with E-state index in [1.54, 1.807) is 29.2 Å². The van der Waals surface area contributed by atoms with Gasteiger partial charge in [-0.3, -0.25) is 9.52 Å². The molecule has 0 radical (unpaired) electrons. The molecule has 0 saturated carbocycles. The number of likely N-dealkylation sites (tertiary alicyclic amines) is 1. The molecule has 3 aromatic rings. The molecule has 0 aliphatic carbocycles. The number of carbonyl (C=O) groups excluding carboxylic acids is 1. The maximum absolute atomic E-state index is 13.2. The van der Waals surface area contributed by atoms with Crippen LogP contribution in [-0.4, -0.2) is 55.2 Å². The Morgan fingerprint density at radius 3 is 2.60 bits per heavy atom. The van der Waals surface area contributed by atoms with Gasteiger partial charge in [0.25, 0.3) is 15.9 Å². The standard InChI is InChI=1S/C20H23N5O3S2/c1-24(2)14-9-10-15(20(26)25-11-4-3-5-12-25)17(13-14)23-30(27,28)18-8-6-7-16-19(18)22-29-21-16/h6-10,13,23H,3-5,11-12H2,1-2H3. The summed E-state index contributed by atoms with van der Waals surface area (Å²) >= 11 is 0.963. The van der Waals surface area contributed by atoms with Crippen LogP contribution in [0.5, 0.6) is 0 Å². The van der Waals surface area contributed by atoms with Crippen molar-refractivity contribution in [2.45, 2.75) is 24.2 Å². The molecular weight excluding hydrogens is 422 g/mol. The number of aromatic nitrogens is 2. The molecule has 1 N–H and O–H groups in total. The summed E-state index contributed by atoms with van der Waals surface area (Å²) in [5.74, 6) is -0.161. The fraction of sp³-hybridized carbons (Fsp3) is 0.350. The lowest BCUT2D eigenvalue weighted by atomic mass is 10.1. The van der Waals surface area contributed by atoms with Gasteiger partial charge in [-0.25, -0.2) is 8.42 Å². The van der Waals surface area contributed by atoms with Crippen LogP contribution in [0.2, 0.25) is 0 Å². The zero-order valence-corrected chi connectivity index (χ0v) is 18.5. The van der Waals surface area contributed by atoms with Gasteiger partial charge in [-0.2, -0.15) is 8.75 Å². The molecule has 8 nitrogen and oxygen atoms in total. The van der Waals surface area contributed by atoms with E-state index in [2.05, 4.69) is 13.5 Å². The smallest absolute Gasteiger partial charge is 0.264 e. The number of nitrogens with one attached hydrogen (secondary N) is 1. The first kappa shape index (κ1) is 20.5. The van der Waals surface area contributed by atoms with Crippen molar-refractivity contribution in [3.05, 3.63) is 42.0 Å². The number of rotatable bonds is 5. The van der Waals surface area contributed by atoms with Gasteiger partial charge in [-0.1, -0.05) is 6.07 Å². The molecule has 1 fully saturated rings. The van der Waals surface area contributed by atoms with Crippen LogP contribution >= 0.6 is 11.7 Å². The van der Waals surface area contributed by atoms with Gasteiger partial charge in [0.05, 0.1) is 23.0 Å². The summed E-state index contributed by atoms with van der Waals surface area (Å²) < 4.78 is 37.3. The topological polar surface area (TPSA) is 95.5 Å². The molecule has 1 aromatic heterocycles. The van der Waals surface area contributed by atoms with Crippen LogP contribution < -0.4 is 9.62 Å². The molecule has 0 atom stereocenters. The van der Waals surface area contributed by atoms with E-state index in [-0.39, 0.29) is 16.5 Å². The van der Waals surface area contributed by atoms with Crippen molar-refractivity contribution in [2.75, 3.05) is 36.8 Å². The van der Waals surface area contributed by atoms with Crippen molar-refractivity contribution in [1.29, 1.82) is 0 Å². The van der Waals surface area contributed by atoms with E-state index in [0.717, 1.165) is 36.7 Å². The highest BCUT2D eigenvalue weighted by molar-refractivity contribution is 7.93. The summed E-state index contributed by atoms with van der Waals surface area (Å²) in [7, 11) is -0.249. The van der Waals surface area contributed by atoms with Crippen LogP contribution in [0, 0.1) is 0 Å². The first-order valence-electron chi connectivity index (χ1n) is 9.71. The number of anilines is 2.